The predicted molar refractivity (Wildman–Crippen MR) is 106 cm³/mol. The van der Waals surface area contributed by atoms with E-state index in [1.807, 2.05) is 0 Å². The summed E-state index contributed by atoms with van der Waals surface area (Å²) in [4.78, 5) is 31.5. The molecule has 154 valence electrons. The van der Waals surface area contributed by atoms with Gasteiger partial charge in [-0.3, -0.25) is 0 Å². The van der Waals surface area contributed by atoms with E-state index in [4.69, 9.17) is 15.5 Å². The summed E-state index contributed by atoms with van der Waals surface area (Å²) in [5, 5.41) is 35.8. The van der Waals surface area contributed by atoms with Crippen molar-refractivity contribution in [3.05, 3.63) is 66.0 Å². The van der Waals surface area contributed by atoms with Crippen molar-refractivity contribution in [1.29, 1.82) is 0 Å². The third-order valence-corrected chi connectivity index (χ3v) is 4.23. The van der Waals surface area contributed by atoms with Crippen LogP contribution in [-0.4, -0.2) is 37.4 Å². The predicted octanol–water partition coefficient (Wildman–Crippen LogP) is 3.79. The molecule has 0 radical (unpaired) electrons. The summed E-state index contributed by atoms with van der Waals surface area (Å²) in [5.74, 6) is -1.74. The van der Waals surface area contributed by atoms with Crippen LogP contribution in [0.2, 0.25) is 0 Å². The highest BCUT2D eigenvalue weighted by atomic mass is 32.2. The Kier molecular flexibility index (Phi) is 6.77. The van der Waals surface area contributed by atoms with Crippen molar-refractivity contribution < 1.29 is 34.4 Å². The lowest BCUT2D eigenvalue weighted by Crippen LogP contribution is -2.05. The molecule has 0 amide bonds. The normalized spacial score (nSPS) is 10.4. The lowest BCUT2D eigenvalue weighted by Gasteiger charge is -2.09. The second-order valence-corrected chi connectivity index (χ2v) is 6.47. The molecule has 0 spiro atoms. The monoisotopic (exact) mass is 430 g/mol. The zero-order valence-electron chi connectivity index (χ0n) is 15.0. The van der Waals surface area contributed by atoms with Crippen molar-refractivity contribution in [2.45, 2.75) is 4.90 Å². The van der Waals surface area contributed by atoms with E-state index in [-0.39, 0.29) is 16.8 Å². The molecule has 0 aliphatic rings. The molecule has 0 aliphatic carbocycles. The largest absolute Gasteiger partial charge is 0.478 e. The smallest absolute Gasteiger partial charge is 0.335 e. The number of hydrogen-bond donors (Lipinski definition) is 5. The Labute approximate surface area is 173 Å². The Morgan fingerprint density at radius 3 is 1.83 bits per heavy atom. The number of anilines is 4. The number of hydrogen-bond acceptors (Lipinski definition) is 10. The van der Waals surface area contributed by atoms with Crippen molar-refractivity contribution in [1.82, 2.24) is 9.97 Å². The van der Waals surface area contributed by atoms with E-state index in [1.165, 1.54) is 24.5 Å². The van der Waals surface area contributed by atoms with Gasteiger partial charge < -0.3 is 20.8 Å². The highest BCUT2D eigenvalue weighted by Crippen LogP contribution is 2.23. The van der Waals surface area contributed by atoms with Crippen LogP contribution < -0.4 is 10.6 Å². The Morgan fingerprint density at radius 1 is 0.833 bits per heavy atom. The zero-order valence-corrected chi connectivity index (χ0v) is 15.8. The van der Waals surface area contributed by atoms with Gasteiger partial charge in [0.25, 0.3) is 0 Å². The van der Waals surface area contributed by atoms with Crippen molar-refractivity contribution >= 4 is 47.0 Å². The van der Waals surface area contributed by atoms with Crippen LogP contribution in [0.25, 0.3) is 0 Å². The Bertz CT molecular complexity index is 1010. The van der Waals surface area contributed by atoms with Gasteiger partial charge in [-0.2, -0.15) is 0 Å². The number of carboxylic acid groups (broad SMARTS) is 2. The van der Waals surface area contributed by atoms with Gasteiger partial charge in [-0.15, -0.1) is 4.33 Å². The van der Waals surface area contributed by atoms with Crippen molar-refractivity contribution in [3.8, 4) is 0 Å². The van der Waals surface area contributed by atoms with E-state index in [1.54, 1.807) is 24.3 Å². The molecule has 1 aromatic heterocycles. The molecule has 12 heteroatoms. The summed E-state index contributed by atoms with van der Waals surface area (Å²) in [7, 11) is 0. The molecule has 1 heterocycles. The number of benzene rings is 2. The molecule has 0 saturated heterocycles. The molecule has 2 aromatic carbocycles. The standard InChI is InChI=1S/C18H14N4O7S/c23-17(24)10-5-11(18(25)26)7-13(6-10)22-16-9-19-15(8-20-16)21-12-1-3-14(4-2-12)30-29-28-27/h1-9,27H,(H,19,21)(H,20,22)(H,23,24)(H,25,26). The average Bonchev–Trinajstić information content (AvgIpc) is 2.74. The minimum atomic E-state index is -1.24. The van der Waals surface area contributed by atoms with Crippen molar-refractivity contribution in [3.63, 3.8) is 0 Å². The van der Waals surface area contributed by atoms with E-state index < -0.39 is 11.9 Å². The molecule has 0 bridgehead atoms. The van der Waals surface area contributed by atoms with E-state index >= 15 is 0 Å². The number of carboxylic acids is 2. The van der Waals surface area contributed by atoms with Gasteiger partial charge in [-0.05, 0) is 42.5 Å². The Hall–Kier alpha value is -3.71. The van der Waals surface area contributed by atoms with Gasteiger partial charge in [0.2, 0.25) is 0 Å². The summed E-state index contributed by atoms with van der Waals surface area (Å²) >= 11 is 0.834. The van der Waals surface area contributed by atoms with Crippen LogP contribution in [-0.2, 0) is 9.37 Å². The molecular weight excluding hydrogens is 416 g/mol. The van der Waals surface area contributed by atoms with Gasteiger partial charge in [0, 0.05) is 16.3 Å². The SMILES string of the molecule is O=C(O)c1cc(Nc2cnc(Nc3ccc(SOOO)cc3)cn2)cc(C(=O)O)c1. The minimum absolute atomic E-state index is 0.166. The maximum Gasteiger partial charge on any atom is 0.335 e. The van der Waals surface area contributed by atoms with Gasteiger partial charge >= 0.3 is 11.9 Å². The summed E-state index contributed by atoms with van der Waals surface area (Å²) in [6, 6.07) is 10.6. The number of nitrogens with zero attached hydrogens (tertiary/aromatic N) is 2. The van der Waals surface area contributed by atoms with Crippen molar-refractivity contribution in [2.75, 3.05) is 10.6 Å². The number of aromatic carboxylic acids is 2. The summed E-state index contributed by atoms with van der Waals surface area (Å²) in [6.45, 7) is 0. The third kappa shape index (κ3) is 5.65. The minimum Gasteiger partial charge on any atom is -0.478 e. The zero-order chi connectivity index (χ0) is 21.5. The topological polar surface area (TPSA) is 163 Å². The molecule has 30 heavy (non-hydrogen) atoms. The van der Waals surface area contributed by atoms with Gasteiger partial charge in [0.15, 0.2) is 0 Å². The average molecular weight is 430 g/mol. The van der Waals surface area contributed by atoms with E-state index in [2.05, 4.69) is 30.0 Å². The summed E-state index contributed by atoms with van der Waals surface area (Å²) in [5.41, 5.74) is 0.645. The molecule has 0 fully saturated rings. The van der Waals surface area contributed by atoms with Gasteiger partial charge in [-0.25, -0.2) is 24.8 Å². The van der Waals surface area contributed by atoms with E-state index in [0.29, 0.717) is 16.5 Å². The van der Waals surface area contributed by atoms with Crippen LogP contribution in [0, 0.1) is 0 Å². The maximum absolute atomic E-state index is 11.2. The van der Waals surface area contributed by atoms with Crippen molar-refractivity contribution in [2.24, 2.45) is 0 Å². The fraction of sp³-hybridized carbons (Fsp3) is 0. The number of aromatic nitrogens is 2. The third-order valence-electron chi connectivity index (χ3n) is 3.64. The molecular formula is C18H14N4O7S. The van der Waals surface area contributed by atoms with Crippen LogP contribution in [0.1, 0.15) is 20.7 Å². The van der Waals surface area contributed by atoms with E-state index in [9.17, 15) is 9.59 Å². The highest BCUT2D eigenvalue weighted by molar-refractivity contribution is 7.94. The molecule has 0 unspecified atom stereocenters. The molecule has 5 N–H and O–H groups in total. The number of nitrogens with one attached hydrogen (secondary N) is 2. The first-order valence-electron chi connectivity index (χ1n) is 8.17. The second-order valence-electron chi connectivity index (χ2n) is 5.70. The molecule has 0 saturated carbocycles. The van der Waals surface area contributed by atoms with Gasteiger partial charge in [0.1, 0.15) is 11.6 Å². The molecule has 11 nitrogen and oxygen atoms in total. The fourth-order valence-corrected chi connectivity index (χ4v) is 2.70. The first-order valence-corrected chi connectivity index (χ1v) is 8.91. The summed E-state index contributed by atoms with van der Waals surface area (Å²) in [6.07, 6.45) is 2.86. The molecule has 0 atom stereocenters. The molecule has 3 rings (SSSR count). The maximum atomic E-state index is 11.2. The van der Waals surface area contributed by atoms with Crippen LogP contribution in [0.5, 0.6) is 0 Å². The van der Waals surface area contributed by atoms with Gasteiger partial charge in [0.05, 0.1) is 35.6 Å². The number of rotatable bonds is 9. The second kappa shape index (κ2) is 9.67. The molecule has 0 aliphatic heterocycles. The summed E-state index contributed by atoms with van der Waals surface area (Å²) < 4.78 is 4.34. The van der Waals surface area contributed by atoms with E-state index in [0.717, 1.165) is 23.8 Å². The lowest BCUT2D eigenvalue weighted by molar-refractivity contribution is -0.432. The first-order chi connectivity index (χ1) is 14.4. The number of carbonyl (C=O) groups is 2. The molecule has 3 aromatic rings. The highest BCUT2D eigenvalue weighted by Gasteiger charge is 2.12. The van der Waals surface area contributed by atoms with Crippen LogP contribution in [0.3, 0.4) is 0 Å². The first kappa shape index (κ1) is 21.0. The quantitative estimate of drug-likeness (QED) is 0.190. The fourth-order valence-electron chi connectivity index (χ4n) is 2.35. The van der Waals surface area contributed by atoms with Gasteiger partial charge in [-0.1, -0.05) is 5.04 Å². The Morgan fingerprint density at radius 2 is 1.37 bits per heavy atom. The van der Waals surface area contributed by atoms with Crippen LogP contribution >= 0.6 is 12.0 Å². The lowest BCUT2D eigenvalue weighted by atomic mass is 10.1. The Balaban J connectivity index is 1.69. The van der Waals surface area contributed by atoms with Crippen LogP contribution in [0.15, 0.2) is 59.8 Å². The van der Waals surface area contributed by atoms with Crippen LogP contribution in [0.4, 0.5) is 23.0 Å².